The Labute approximate surface area is 161 Å². The molecule has 0 aliphatic carbocycles. The molecular formula is C21H17ClN2O3. The van der Waals surface area contributed by atoms with E-state index in [0.717, 1.165) is 11.4 Å². The summed E-state index contributed by atoms with van der Waals surface area (Å²) in [4.78, 5) is 23.9. The van der Waals surface area contributed by atoms with E-state index in [9.17, 15) is 9.59 Å². The average molecular weight is 381 g/mol. The molecule has 0 bridgehead atoms. The van der Waals surface area contributed by atoms with Gasteiger partial charge in [0.15, 0.2) is 0 Å². The van der Waals surface area contributed by atoms with Gasteiger partial charge in [-0.05, 0) is 54.6 Å². The molecule has 0 aliphatic heterocycles. The molecule has 0 saturated heterocycles. The molecule has 2 N–H and O–H groups in total. The molecule has 1 amide bonds. The summed E-state index contributed by atoms with van der Waals surface area (Å²) < 4.78 is 4.72. The van der Waals surface area contributed by atoms with Crippen molar-refractivity contribution in [2.24, 2.45) is 0 Å². The van der Waals surface area contributed by atoms with Crippen LogP contribution in [0.3, 0.4) is 0 Å². The predicted molar refractivity (Wildman–Crippen MR) is 107 cm³/mol. The van der Waals surface area contributed by atoms with E-state index in [4.69, 9.17) is 16.3 Å². The summed E-state index contributed by atoms with van der Waals surface area (Å²) in [6.45, 7) is 0. The van der Waals surface area contributed by atoms with E-state index in [1.165, 1.54) is 7.11 Å². The van der Waals surface area contributed by atoms with Gasteiger partial charge in [0, 0.05) is 17.1 Å². The molecule has 6 heteroatoms. The first-order chi connectivity index (χ1) is 13.1. The minimum Gasteiger partial charge on any atom is -0.465 e. The van der Waals surface area contributed by atoms with E-state index < -0.39 is 5.97 Å². The molecule has 0 aliphatic rings. The van der Waals surface area contributed by atoms with Crippen molar-refractivity contribution in [3.63, 3.8) is 0 Å². The number of nitrogens with one attached hydrogen (secondary N) is 2. The molecule has 0 saturated carbocycles. The Bertz CT molecular complexity index is 971. The van der Waals surface area contributed by atoms with Crippen LogP contribution >= 0.6 is 11.6 Å². The van der Waals surface area contributed by atoms with Gasteiger partial charge in [-0.1, -0.05) is 29.8 Å². The van der Waals surface area contributed by atoms with Gasteiger partial charge in [-0.15, -0.1) is 0 Å². The summed E-state index contributed by atoms with van der Waals surface area (Å²) in [5.74, 6) is -0.664. The molecule has 3 aromatic carbocycles. The van der Waals surface area contributed by atoms with E-state index in [-0.39, 0.29) is 5.91 Å². The molecule has 0 aromatic heterocycles. The number of esters is 1. The Morgan fingerprint density at radius 3 is 2.26 bits per heavy atom. The maximum atomic E-state index is 12.3. The number of carbonyl (C=O) groups is 2. The highest BCUT2D eigenvalue weighted by atomic mass is 35.5. The van der Waals surface area contributed by atoms with Gasteiger partial charge in [0.25, 0.3) is 5.91 Å². The third kappa shape index (κ3) is 4.65. The normalized spacial score (nSPS) is 10.1. The van der Waals surface area contributed by atoms with E-state index in [1.54, 1.807) is 54.6 Å². The topological polar surface area (TPSA) is 67.4 Å². The Balaban J connectivity index is 1.68. The number of methoxy groups -OCH3 is 1. The van der Waals surface area contributed by atoms with Crippen LogP contribution in [0.5, 0.6) is 0 Å². The number of halogens is 1. The van der Waals surface area contributed by atoms with Gasteiger partial charge in [0.1, 0.15) is 0 Å². The zero-order valence-corrected chi connectivity index (χ0v) is 15.3. The summed E-state index contributed by atoms with van der Waals surface area (Å²) in [7, 11) is 1.35. The van der Waals surface area contributed by atoms with Gasteiger partial charge < -0.3 is 15.4 Å². The highest BCUT2D eigenvalue weighted by Gasteiger charge is 2.10. The molecule has 5 nitrogen and oxygen atoms in total. The summed E-state index contributed by atoms with van der Waals surface area (Å²) in [6.07, 6.45) is 0. The van der Waals surface area contributed by atoms with Gasteiger partial charge in [-0.25, -0.2) is 4.79 Å². The maximum absolute atomic E-state index is 12.3. The smallest absolute Gasteiger partial charge is 0.337 e. The van der Waals surface area contributed by atoms with Gasteiger partial charge in [0.05, 0.1) is 23.3 Å². The van der Waals surface area contributed by atoms with Crippen LogP contribution < -0.4 is 10.6 Å². The highest BCUT2D eigenvalue weighted by molar-refractivity contribution is 6.34. The molecule has 0 spiro atoms. The lowest BCUT2D eigenvalue weighted by molar-refractivity contribution is 0.0600. The molecular weight excluding hydrogens is 364 g/mol. The predicted octanol–water partition coefficient (Wildman–Crippen LogP) is 5.12. The summed E-state index contributed by atoms with van der Waals surface area (Å²) in [6, 6.07) is 21.1. The molecule has 27 heavy (non-hydrogen) atoms. The van der Waals surface area contributed by atoms with E-state index in [1.807, 2.05) is 18.2 Å². The molecule has 0 radical (unpaired) electrons. The third-order valence-corrected chi connectivity index (χ3v) is 4.16. The molecule has 3 aromatic rings. The van der Waals surface area contributed by atoms with Crippen molar-refractivity contribution in [1.82, 2.24) is 0 Å². The Morgan fingerprint density at radius 1 is 0.852 bits per heavy atom. The van der Waals surface area contributed by atoms with Crippen LogP contribution in [0.2, 0.25) is 5.02 Å². The summed E-state index contributed by atoms with van der Waals surface area (Å²) >= 11 is 6.04. The lowest BCUT2D eigenvalue weighted by Gasteiger charge is -2.10. The second kappa shape index (κ2) is 8.38. The fourth-order valence-corrected chi connectivity index (χ4v) is 2.71. The Kier molecular flexibility index (Phi) is 5.74. The maximum Gasteiger partial charge on any atom is 0.337 e. The standard InChI is InChI=1S/C21H17ClN2O3/c1-27-21(26)14-5-4-6-17(13-14)23-15-9-11-16(12-10-15)24-20(25)18-7-2-3-8-19(18)22/h2-13,23H,1H3,(H,24,25). The van der Waals surface area contributed by atoms with Crippen molar-refractivity contribution in [2.45, 2.75) is 0 Å². The minimum absolute atomic E-state index is 0.271. The Hall–Kier alpha value is -3.31. The lowest BCUT2D eigenvalue weighted by atomic mass is 10.2. The fourth-order valence-electron chi connectivity index (χ4n) is 2.49. The van der Waals surface area contributed by atoms with Crippen molar-refractivity contribution in [3.8, 4) is 0 Å². The molecule has 0 unspecified atom stereocenters. The van der Waals surface area contributed by atoms with Crippen LogP contribution in [0.25, 0.3) is 0 Å². The van der Waals surface area contributed by atoms with Crippen molar-refractivity contribution in [1.29, 1.82) is 0 Å². The zero-order valence-electron chi connectivity index (χ0n) is 14.5. The van der Waals surface area contributed by atoms with Crippen LogP contribution in [0.15, 0.2) is 72.8 Å². The third-order valence-electron chi connectivity index (χ3n) is 3.83. The van der Waals surface area contributed by atoms with Gasteiger partial charge in [-0.2, -0.15) is 0 Å². The molecule has 136 valence electrons. The van der Waals surface area contributed by atoms with E-state index >= 15 is 0 Å². The van der Waals surface area contributed by atoms with Crippen LogP contribution in [0.1, 0.15) is 20.7 Å². The number of amides is 1. The van der Waals surface area contributed by atoms with Crippen molar-refractivity contribution >= 4 is 40.5 Å². The van der Waals surface area contributed by atoms with Crippen molar-refractivity contribution < 1.29 is 14.3 Å². The van der Waals surface area contributed by atoms with Crippen molar-refractivity contribution in [3.05, 3.63) is 88.9 Å². The van der Waals surface area contributed by atoms with Crippen LogP contribution in [0, 0.1) is 0 Å². The second-order valence-electron chi connectivity index (χ2n) is 5.71. The SMILES string of the molecule is COC(=O)c1cccc(Nc2ccc(NC(=O)c3ccccc3Cl)cc2)c1. The minimum atomic E-state index is -0.392. The summed E-state index contributed by atoms with van der Waals surface area (Å²) in [5, 5.41) is 6.41. The number of ether oxygens (including phenoxy) is 1. The quantitative estimate of drug-likeness (QED) is 0.602. The van der Waals surface area contributed by atoms with Crippen molar-refractivity contribution in [2.75, 3.05) is 17.7 Å². The largest absolute Gasteiger partial charge is 0.465 e. The summed E-state index contributed by atoms with van der Waals surface area (Å²) in [5.41, 5.74) is 3.10. The van der Waals surface area contributed by atoms with Crippen LogP contribution in [-0.2, 0) is 4.74 Å². The second-order valence-corrected chi connectivity index (χ2v) is 6.12. The molecule has 0 fully saturated rings. The number of rotatable bonds is 5. The monoisotopic (exact) mass is 380 g/mol. The van der Waals surface area contributed by atoms with Crippen LogP contribution in [0.4, 0.5) is 17.1 Å². The fraction of sp³-hybridized carbons (Fsp3) is 0.0476. The molecule has 0 heterocycles. The van der Waals surface area contributed by atoms with E-state index in [2.05, 4.69) is 10.6 Å². The van der Waals surface area contributed by atoms with Gasteiger partial charge in [0.2, 0.25) is 0 Å². The molecule has 0 atom stereocenters. The highest BCUT2D eigenvalue weighted by Crippen LogP contribution is 2.21. The van der Waals surface area contributed by atoms with E-state index in [0.29, 0.717) is 21.8 Å². The number of benzene rings is 3. The van der Waals surface area contributed by atoms with Gasteiger partial charge >= 0.3 is 5.97 Å². The van der Waals surface area contributed by atoms with Crippen LogP contribution in [-0.4, -0.2) is 19.0 Å². The average Bonchev–Trinajstić information content (AvgIpc) is 2.69. The first-order valence-corrected chi connectivity index (χ1v) is 8.56. The number of anilines is 3. The first-order valence-electron chi connectivity index (χ1n) is 8.18. The number of hydrogen-bond donors (Lipinski definition) is 2. The number of hydrogen-bond acceptors (Lipinski definition) is 4. The first kappa shape index (κ1) is 18.5. The number of carbonyl (C=O) groups excluding carboxylic acids is 2. The molecule has 3 rings (SSSR count). The lowest BCUT2D eigenvalue weighted by Crippen LogP contribution is -2.12. The zero-order chi connectivity index (χ0) is 19.2. The Morgan fingerprint density at radius 2 is 1.56 bits per heavy atom. The van der Waals surface area contributed by atoms with Gasteiger partial charge in [-0.3, -0.25) is 4.79 Å².